The van der Waals surface area contributed by atoms with Crippen molar-refractivity contribution < 1.29 is 18.5 Å². The molecule has 0 saturated heterocycles. The molecular weight excluding hydrogens is 322 g/mol. The normalized spacial score (nSPS) is 12.0. The molecule has 0 bridgehead atoms. The van der Waals surface area contributed by atoms with Gasteiger partial charge in [-0.2, -0.15) is 4.98 Å². The first kappa shape index (κ1) is 16.8. The van der Waals surface area contributed by atoms with Crippen LogP contribution < -0.4 is 10.1 Å². The summed E-state index contributed by atoms with van der Waals surface area (Å²) >= 11 is 0. The lowest BCUT2D eigenvalue weighted by molar-refractivity contribution is -0.127. The van der Waals surface area contributed by atoms with Gasteiger partial charge in [0.25, 0.3) is 11.8 Å². The number of hydrogen-bond acceptors (Lipinski definition) is 6. The van der Waals surface area contributed by atoms with Crippen LogP contribution in [-0.2, 0) is 11.3 Å². The summed E-state index contributed by atoms with van der Waals surface area (Å²) in [4.78, 5) is 16.4. The highest BCUT2D eigenvalue weighted by Crippen LogP contribution is 2.20. The highest BCUT2D eigenvalue weighted by molar-refractivity contribution is 5.80. The van der Waals surface area contributed by atoms with Crippen LogP contribution in [0.25, 0.3) is 11.7 Å². The van der Waals surface area contributed by atoms with E-state index >= 15 is 0 Å². The molecule has 0 aliphatic rings. The van der Waals surface area contributed by atoms with E-state index in [0.717, 1.165) is 11.1 Å². The van der Waals surface area contributed by atoms with Crippen molar-refractivity contribution in [3.8, 4) is 17.4 Å². The number of nitrogens with zero attached hydrogens (tertiary/aromatic N) is 2. The molecule has 0 aliphatic carbocycles. The van der Waals surface area contributed by atoms with Crippen molar-refractivity contribution in [2.24, 2.45) is 0 Å². The van der Waals surface area contributed by atoms with E-state index in [0.29, 0.717) is 17.3 Å². The maximum atomic E-state index is 12.2. The van der Waals surface area contributed by atoms with Gasteiger partial charge in [-0.25, -0.2) is 0 Å². The highest BCUT2D eigenvalue weighted by Gasteiger charge is 2.17. The lowest BCUT2D eigenvalue weighted by Crippen LogP contribution is -2.36. The Labute approximate surface area is 145 Å². The molecule has 7 nitrogen and oxygen atoms in total. The molecule has 0 radical (unpaired) electrons. The molecule has 1 unspecified atom stereocenters. The van der Waals surface area contributed by atoms with Gasteiger partial charge in [0.15, 0.2) is 17.7 Å². The molecule has 0 aliphatic heterocycles. The quantitative estimate of drug-likeness (QED) is 0.741. The smallest absolute Gasteiger partial charge is 0.293 e. The fourth-order valence-corrected chi connectivity index (χ4v) is 2.21. The van der Waals surface area contributed by atoms with Gasteiger partial charge in [-0.15, -0.1) is 0 Å². The van der Waals surface area contributed by atoms with Gasteiger partial charge in [0.1, 0.15) is 5.75 Å². The fraction of sp³-hybridized carbons (Fsp3) is 0.278. The second-order valence-electron chi connectivity index (χ2n) is 5.74. The summed E-state index contributed by atoms with van der Waals surface area (Å²) in [6, 6.07) is 9.32. The van der Waals surface area contributed by atoms with E-state index in [1.54, 1.807) is 19.1 Å². The molecule has 0 saturated carbocycles. The van der Waals surface area contributed by atoms with Gasteiger partial charge in [-0.05, 0) is 50.1 Å². The number of ether oxygens (including phenoxy) is 1. The van der Waals surface area contributed by atoms with Crippen LogP contribution in [-0.4, -0.2) is 22.2 Å². The Morgan fingerprint density at radius 1 is 1.32 bits per heavy atom. The summed E-state index contributed by atoms with van der Waals surface area (Å²) < 4.78 is 16.0. The summed E-state index contributed by atoms with van der Waals surface area (Å²) in [6.45, 7) is 5.75. The number of furan rings is 1. The number of hydrogen-bond donors (Lipinski definition) is 1. The second-order valence-corrected chi connectivity index (χ2v) is 5.74. The Kier molecular flexibility index (Phi) is 4.83. The highest BCUT2D eigenvalue weighted by atomic mass is 16.5. The predicted molar refractivity (Wildman–Crippen MR) is 89.9 cm³/mol. The molecule has 1 amide bonds. The van der Waals surface area contributed by atoms with Gasteiger partial charge in [0.05, 0.1) is 12.8 Å². The molecule has 130 valence electrons. The Balaban J connectivity index is 1.56. The Bertz CT molecular complexity index is 855. The summed E-state index contributed by atoms with van der Waals surface area (Å²) in [5.74, 6) is 1.55. The molecule has 25 heavy (non-hydrogen) atoms. The maximum absolute atomic E-state index is 12.2. The van der Waals surface area contributed by atoms with Crippen LogP contribution in [0.1, 0.15) is 23.9 Å². The molecule has 1 aromatic carbocycles. The SMILES string of the molecule is Cc1ccc(C)c(OC(C)C(=O)NCc2noc(-c3ccco3)n2)c1. The van der Waals surface area contributed by atoms with E-state index in [2.05, 4.69) is 15.5 Å². The van der Waals surface area contributed by atoms with Crippen molar-refractivity contribution in [2.75, 3.05) is 0 Å². The molecule has 3 aromatic rings. The third kappa shape index (κ3) is 4.06. The van der Waals surface area contributed by atoms with Gasteiger partial charge < -0.3 is 19.0 Å². The standard InChI is InChI=1S/C18H19N3O4/c1-11-6-7-12(2)15(9-11)24-13(3)17(22)19-10-16-20-18(25-21-16)14-5-4-8-23-14/h4-9,13H,10H2,1-3H3,(H,19,22). The van der Waals surface area contributed by atoms with Crippen molar-refractivity contribution in [2.45, 2.75) is 33.4 Å². The predicted octanol–water partition coefficient (Wildman–Crippen LogP) is 3.03. The van der Waals surface area contributed by atoms with E-state index in [1.807, 2.05) is 32.0 Å². The molecule has 2 aromatic heterocycles. The van der Waals surface area contributed by atoms with E-state index < -0.39 is 6.10 Å². The minimum atomic E-state index is -0.642. The first-order valence-corrected chi connectivity index (χ1v) is 7.91. The molecule has 1 atom stereocenters. The molecule has 0 fully saturated rings. The van der Waals surface area contributed by atoms with Crippen LogP contribution in [0.3, 0.4) is 0 Å². The number of aryl methyl sites for hydroxylation is 2. The largest absolute Gasteiger partial charge is 0.481 e. The zero-order valence-corrected chi connectivity index (χ0v) is 14.3. The van der Waals surface area contributed by atoms with Gasteiger partial charge in [-0.1, -0.05) is 17.3 Å². The molecular formula is C18H19N3O4. The average Bonchev–Trinajstić information content (AvgIpc) is 3.26. The summed E-state index contributed by atoms with van der Waals surface area (Å²) in [6.07, 6.45) is 0.879. The van der Waals surface area contributed by atoms with Gasteiger partial charge in [0, 0.05) is 0 Å². The number of benzene rings is 1. The van der Waals surface area contributed by atoms with Gasteiger partial charge in [0.2, 0.25) is 0 Å². The van der Waals surface area contributed by atoms with Crippen molar-refractivity contribution in [3.63, 3.8) is 0 Å². The number of amides is 1. The monoisotopic (exact) mass is 341 g/mol. The van der Waals surface area contributed by atoms with E-state index in [1.165, 1.54) is 6.26 Å². The number of aromatic nitrogens is 2. The second kappa shape index (κ2) is 7.21. The van der Waals surface area contributed by atoms with Gasteiger partial charge in [-0.3, -0.25) is 4.79 Å². The molecule has 0 spiro atoms. The van der Waals surface area contributed by atoms with Crippen LogP contribution in [0.5, 0.6) is 5.75 Å². The minimum Gasteiger partial charge on any atom is -0.481 e. The average molecular weight is 341 g/mol. The van der Waals surface area contributed by atoms with E-state index in [9.17, 15) is 4.79 Å². The lowest BCUT2D eigenvalue weighted by atomic mass is 10.1. The van der Waals surface area contributed by atoms with Crippen molar-refractivity contribution in [1.82, 2.24) is 15.5 Å². The number of carbonyl (C=O) groups excluding carboxylic acids is 1. The van der Waals surface area contributed by atoms with Crippen molar-refractivity contribution in [3.05, 3.63) is 53.5 Å². The Morgan fingerprint density at radius 3 is 2.92 bits per heavy atom. The number of nitrogens with one attached hydrogen (secondary N) is 1. The third-order valence-electron chi connectivity index (χ3n) is 3.64. The van der Waals surface area contributed by atoms with E-state index in [-0.39, 0.29) is 18.3 Å². The van der Waals surface area contributed by atoms with Crippen molar-refractivity contribution >= 4 is 5.91 Å². The first-order valence-electron chi connectivity index (χ1n) is 7.91. The van der Waals surface area contributed by atoms with Crippen LogP contribution in [0, 0.1) is 13.8 Å². The molecule has 7 heteroatoms. The summed E-state index contributed by atoms with van der Waals surface area (Å²) in [5.41, 5.74) is 2.05. The topological polar surface area (TPSA) is 90.4 Å². The fourth-order valence-electron chi connectivity index (χ4n) is 2.21. The van der Waals surface area contributed by atoms with Crippen LogP contribution in [0.4, 0.5) is 0 Å². The summed E-state index contributed by atoms with van der Waals surface area (Å²) in [7, 11) is 0. The lowest BCUT2D eigenvalue weighted by Gasteiger charge is -2.16. The van der Waals surface area contributed by atoms with Crippen LogP contribution in [0.2, 0.25) is 0 Å². The zero-order chi connectivity index (χ0) is 17.8. The Morgan fingerprint density at radius 2 is 2.16 bits per heavy atom. The van der Waals surface area contributed by atoms with E-state index in [4.69, 9.17) is 13.7 Å². The first-order chi connectivity index (χ1) is 12.0. The van der Waals surface area contributed by atoms with Crippen LogP contribution in [0.15, 0.2) is 45.5 Å². The van der Waals surface area contributed by atoms with Gasteiger partial charge >= 0.3 is 0 Å². The molecule has 1 N–H and O–H groups in total. The molecule has 3 rings (SSSR count). The van der Waals surface area contributed by atoms with Crippen molar-refractivity contribution in [1.29, 1.82) is 0 Å². The molecule has 2 heterocycles. The number of rotatable bonds is 6. The Hall–Kier alpha value is -3.09. The third-order valence-corrected chi connectivity index (χ3v) is 3.64. The summed E-state index contributed by atoms with van der Waals surface area (Å²) in [5, 5.41) is 6.54. The zero-order valence-electron chi connectivity index (χ0n) is 14.3. The maximum Gasteiger partial charge on any atom is 0.293 e. The van der Waals surface area contributed by atoms with Crippen LogP contribution >= 0.6 is 0 Å². The number of carbonyl (C=O) groups is 1. The minimum absolute atomic E-state index is 0.142.